The van der Waals surface area contributed by atoms with Crippen LogP contribution in [0.25, 0.3) is 0 Å². The van der Waals surface area contributed by atoms with Crippen molar-refractivity contribution in [2.75, 3.05) is 11.1 Å². The summed E-state index contributed by atoms with van der Waals surface area (Å²) in [7, 11) is 0. The fraction of sp³-hybridized carbons (Fsp3) is 0.278. The van der Waals surface area contributed by atoms with Crippen molar-refractivity contribution >= 4 is 41.5 Å². The van der Waals surface area contributed by atoms with Crippen LogP contribution < -0.4 is 11.1 Å². The van der Waals surface area contributed by atoms with Gasteiger partial charge in [-0.1, -0.05) is 44.2 Å². The monoisotopic (exact) mass is 350 g/mol. The van der Waals surface area contributed by atoms with Gasteiger partial charge in [-0.2, -0.15) is 0 Å². The molecule has 0 aliphatic carbocycles. The summed E-state index contributed by atoms with van der Waals surface area (Å²) in [5, 5.41) is 3.48. The fourth-order valence-electron chi connectivity index (χ4n) is 2.15. The molecular formula is C18H23ClN2OS. The lowest BCUT2D eigenvalue weighted by atomic mass is 10.1. The maximum absolute atomic E-state index is 12.2. The lowest BCUT2D eigenvalue weighted by Gasteiger charge is -2.12. The molecule has 0 aromatic heterocycles. The first-order valence-corrected chi connectivity index (χ1v) is 8.33. The Morgan fingerprint density at radius 2 is 1.78 bits per heavy atom. The highest BCUT2D eigenvalue weighted by Gasteiger charge is 2.09. The molecule has 1 amide bonds. The molecule has 0 atom stereocenters. The summed E-state index contributed by atoms with van der Waals surface area (Å²) in [6.45, 7) is 4.28. The second kappa shape index (κ2) is 9.48. The van der Waals surface area contributed by atoms with Crippen LogP contribution in [0.15, 0.2) is 53.4 Å². The van der Waals surface area contributed by atoms with Gasteiger partial charge in [0, 0.05) is 22.3 Å². The van der Waals surface area contributed by atoms with Crippen molar-refractivity contribution in [3.63, 3.8) is 0 Å². The minimum Gasteiger partial charge on any atom is -0.399 e. The van der Waals surface area contributed by atoms with Crippen LogP contribution in [0.3, 0.4) is 0 Å². The van der Waals surface area contributed by atoms with Crippen LogP contribution in [0.4, 0.5) is 11.4 Å². The molecule has 0 bridgehead atoms. The second-order valence-corrected chi connectivity index (χ2v) is 7.03. The number of para-hydroxylation sites is 2. The quantitative estimate of drug-likeness (QED) is 0.583. The lowest BCUT2D eigenvalue weighted by Crippen LogP contribution is -2.13. The first-order valence-electron chi connectivity index (χ1n) is 7.45. The van der Waals surface area contributed by atoms with Crippen molar-refractivity contribution in [3.05, 3.63) is 54.1 Å². The number of amides is 1. The SMILES string of the molecule is CC(C)Sc1ccccc1NC(=O)CCc1ccccc1N.Cl. The number of nitrogens with two attached hydrogens (primary N) is 1. The Kier molecular flexibility index (Phi) is 8.00. The van der Waals surface area contributed by atoms with E-state index in [1.165, 1.54) is 0 Å². The van der Waals surface area contributed by atoms with Gasteiger partial charge in [-0.3, -0.25) is 4.79 Å². The third kappa shape index (κ3) is 6.16. The van der Waals surface area contributed by atoms with Crippen molar-refractivity contribution in [3.8, 4) is 0 Å². The maximum Gasteiger partial charge on any atom is 0.224 e. The Balaban J connectivity index is 0.00000264. The van der Waals surface area contributed by atoms with Gasteiger partial charge in [0.05, 0.1) is 5.69 Å². The van der Waals surface area contributed by atoms with E-state index in [2.05, 4.69) is 19.2 Å². The topological polar surface area (TPSA) is 55.1 Å². The predicted molar refractivity (Wildman–Crippen MR) is 102 cm³/mol. The van der Waals surface area contributed by atoms with Gasteiger partial charge < -0.3 is 11.1 Å². The van der Waals surface area contributed by atoms with Crippen LogP contribution in [-0.4, -0.2) is 11.2 Å². The van der Waals surface area contributed by atoms with Gasteiger partial charge in [-0.05, 0) is 30.2 Å². The van der Waals surface area contributed by atoms with Gasteiger partial charge in [-0.25, -0.2) is 0 Å². The smallest absolute Gasteiger partial charge is 0.224 e. The van der Waals surface area contributed by atoms with Crippen LogP contribution in [-0.2, 0) is 11.2 Å². The van der Waals surface area contributed by atoms with Crippen LogP contribution in [0.2, 0.25) is 0 Å². The highest BCUT2D eigenvalue weighted by atomic mass is 35.5. The van der Waals surface area contributed by atoms with Crippen LogP contribution in [0.1, 0.15) is 25.8 Å². The van der Waals surface area contributed by atoms with Crippen molar-refractivity contribution in [1.82, 2.24) is 0 Å². The van der Waals surface area contributed by atoms with E-state index in [1.54, 1.807) is 11.8 Å². The van der Waals surface area contributed by atoms with Gasteiger partial charge in [-0.15, -0.1) is 24.2 Å². The van der Waals surface area contributed by atoms with E-state index >= 15 is 0 Å². The maximum atomic E-state index is 12.2. The Bertz CT molecular complexity index is 646. The average molecular weight is 351 g/mol. The molecule has 0 radical (unpaired) electrons. The van der Waals surface area contributed by atoms with Crippen molar-refractivity contribution < 1.29 is 4.79 Å². The summed E-state index contributed by atoms with van der Waals surface area (Å²) in [6.07, 6.45) is 1.08. The number of carbonyl (C=O) groups is 1. The summed E-state index contributed by atoms with van der Waals surface area (Å²) in [6, 6.07) is 15.6. The van der Waals surface area contributed by atoms with E-state index in [-0.39, 0.29) is 18.3 Å². The molecule has 0 saturated carbocycles. The number of halogens is 1. The van der Waals surface area contributed by atoms with Gasteiger partial charge in [0.1, 0.15) is 0 Å². The largest absolute Gasteiger partial charge is 0.399 e. The first-order chi connectivity index (χ1) is 10.6. The second-order valence-electron chi connectivity index (χ2n) is 5.41. The standard InChI is InChI=1S/C18H22N2OS.ClH/c1-13(2)22-17-10-6-5-9-16(17)20-18(21)12-11-14-7-3-4-8-15(14)19;/h3-10,13H,11-12,19H2,1-2H3,(H,20,21);1H. The summed E-state index contributed by atoms with van der Waals surface area (Å²) in [5.74, 6) is 0.0139. The molecule has 3 nitrogen and oxygen atoms in total. The number of rotatable bonds is 6. The molecule has 0 aliphatic rings. The number of hydrogen-bond donors (Lipinski definition) is 2. The Hall–Kier alpha value is -1.65. The summed E-state index contributed by atoms with van der Waals surface area (Å²) in [5.41, 5.74) is 8.54. The third-order valence-electron chi connectivity index (χ3n) is 3.20. The molecular weight excluding hydrogens is 328 g/mol. The Morgan fingerprint density at radius 3 is 2.48 bits per heavy atom. The fourth-order valence-corrected chi connectivity index (χ4v) is 3.06. The summed E-state index contributed by atoms with van der Waals surface area (Å²) in [4.78, 5) is 13.3. The predicted octanol–water partition coefficient (Wildman–Crippen LogP) is 4.76. The molecule has 0 spiro atoms. The molecule has 0 fully saturated rings. The lowest BCUT2D eigenvalue weighted by molar-refractivity contribution is -0.116. The van der Waals surface area contributed by atoms with E-state index in [9.17, 15) is 4.79 Å². The zero-order valence-corrected chi connectivity index (χ0v) is 15.0. The third-order valence-corrected chi connectivity index (χ3v) is 4.28. The molecule has 2 rings (SSSR count). The number of aryl methyl sites for hydroxylation is 1. The molecule has 2 aromatic carbocycles. The van der Waals surface area contributed by atoms with Crippen LogP contribution in [0.5, 0.6) is 0 Å². The van der Waals surface area contributed by atoms with E-state index in [1.807, 2.05) is 48.5 Å². The number of hydrogen-bond acceptors (Lipinski definition) is 3. The average Bonchev–Trinajstić information content (AvgIpc) is 2.48. The minimum atomic E-state index is 0. The molecule has 23 heavy (non-hydrogen) atoms. The van der Waals surface area contributed by atoms with Gasteiger partial charge >= 0.3 is 0 Å². The molecule has 5 heteroatoms. The van der Waals surface area contributed by atoms with Crippen molar-refractivity contribution in [2.45, 2.75) is 36.8 Å². The first kappa shape index (κ1) is 19.4. The zero-order chi connectivity index (χ0) is 15.9. The highest BCUT2D eigenvalue weighted by molar-refractivity contribution is 8.00. The van der Waals surface area contributed by atoms with Gasteiger partial charge in [0.25, 0.3) is 0 Å². The normalized spacial score (nSPS) is 10.2. The van der Waals surface area contributed by atoms with E-state index in [4.69, 9.17) is 5.73 Å². The van der Waals surface area contributed by atoms with Gasteiger partial charge in [0.2, 0.25) is 5.91 Å². The van der Waals surface area contributed by atoms with Crippen LogP contribution in [0, 0.1) is 0 Å². The number of benzene rings is 2. The molecule has 0 unspecified atom stereocenters. The molecule has 0 aliphatic heterocycles. The number of thioether (sulfide) groups is 1. The molecule has 124 valence electrons. The Labute approximate surface area is 148 Å². The summed E-state index contributed by atoms with van der Waals surface area (Å²) >= 11 is 1.75. The zero-order valence-electron chi connectivity index (χ0n) is 13.4. The highest BCUT2D eigenvalue weighted by Crippen LogP contribution is 2.30. The van der Waals surface area contributed by atoms with E-state index in [0.717, 1.165) is 21.8 Å². The summed E-state index contributed by atoms with van der Waals surface area (Å²) < 4.78 is 0. The Morgan fingerprint density at radius 1 is 1.13 bits per heavy atom. The van der Waals surface area contributed by atoms with Crippen LogP contribution >= 0.6 is 24.2 Å². The number of nitrogens with one attached hydrogen (secondary N) is 1. The number of nitrogen functional groups attached to an aromatic ring is 1. The van der Waals surface area contributed by atoms with Crippen molar-refractivity contribution in [2.24, 2.45) is 0 Å². The molecule has 0 saturated heterocycles. The number of carbonyl (C=O) groups excluding carboxylic acids is 1. The molecule has 3 N–H and O–H groups in total. The van der Waals surface area contributed by atoms with Gasteiger partial charge in [0.15, 0.2) is 0 Å². The minimum absolute atomic E-state index is 0. The molecule has 0 heterocycles. The molecule has 2 aromatic rings. The van der Waals surface area contributed by atoms with E-state index in [0.29, 0.717) is 18.1 Å². The van der Waals surface area contributed by atoms with Crippen molar-refractivity contribution in [1.29, 1.82) is 0 Å². The number of anilines is 2. The van der Waals surface area contributed by atoms with E-state index < -0.39 is 0 Å².